The minimum Gasteiger partial charge on any atom is -0.311 e. The van der Waals surface area contributed by atoms with Crippen molar-refractivity contribution < 1.29 is 0 Å². The molecule has 1 aromatic heterocycles. The largest absolute Gasteiger partial charge is 0.311 e. The van der Waals surface area contributed by atoms with Crippen LogP contribution < -0.4 is 5.32 Å². The molecule has 1 aromatic carbocycles. The Labute approximate surface area is 112 Å². The van der Waals surface area contributed by atoms with E-state index in [4.69, 9.17) is 0 Å². The van der Waals surface area contributed by atoms with Gasteiger partial charge >= 0.3 is 0 Å². The molecule has 1 N–H and O–H groups in total. The molecule has 1 unspecified atom stereocenters. The van der Waals surface area contributed by atoms with E-state index in [-0.39, 0.29) is 0 Å². The fourth-order valence-electron chi connectivity index (χ4n) is 1.91. The Hall–Kier alpha value is -1.26. The Bertz CT molecular complexity index is 463. The van der Waals surface area contributed by atoms with Gasteiger partial charge in [-0.15, -0.1) is 10.2 Å². The highest BCUT2D eigenvalue weighted by Gasteiger charge is 2.12. The number of nitrogens with one attached hydrogen (secondary N) is 1. The van der Waals surface area contributed by atoms with Crippen LogP contribution in [0.5, 0.6) is 0 Å². The first-order valence-electron chi connectivity index (χ1n) is 6.37. The maximum Gasteiger partial charge on any atom is 0.134 e. The highest BCUT2D eigenvalue weighted by molar-refractivity contribution is 7.11. The maximum absolute atomic E-state index is 4.28. The molecular formula is C14H19N3S. The third-order valence-electron chi connectivity index (χ3n) is 3.01. The van der Waals surface area contributed by atoms with Gasteiger partial charge in [0.15, 0.2) is 0 Å². The molecule has 0 aliphatic carbocycles. The second-order valence-electron chi connectivity index (χ2n) is 4.27. The van der Waals surface area contributed by atoms with Crippen LogP contribution in [0.4, 0.5) is 0 Å². The molecule has 1 atom stereocenters. The molecule has 0 amide bonds. The Kier molecular flexibility index (Phi) is 4.84. The van der Waals surface area contributed by atoms with Crippen LogP contribution in [0.2, 0.25) is 0 Å². The fraction of sp³-hybridized carbons (Fsp3) is 0.429. The van der Waals surface area contributed by atoms with E-state index >= 15 is 0 Å². The standard InChI is InChI=1S/C14H19N3S/c1-3-12(15-2)14-17-16-13(18-14)10-9-11-7-5-4-6-8-11/h4-8,12,15H,3,9-10H2,1-2H3. The summed E-state index contributed by atoms with van der Waals surface area (Å²) < 4.78 is 0. The predicted octanol–water partition coefficient (Wildman–Crippen LogP) is 2.99. The van der Waals surface area contributed by atoms with Crippen molar-refractivity contribution in [1.29, 1.82) is 0 Å². The second kappa shape index (κ2) is 6.61. The van der Waals surface area contributed by atoms with Crippen LogP contribution in [0.3, 0.4) is 0 Å². The Balaban J connectivity index is 1.95. The fourth-order valence-corrected chi connectivity index (χ4v) is 2.94. The van der Waals surface area contributed by atoms with Crippen LogP contribution in [0, 0.1) is 0 Å². The van der Waals surface area contributed by atoms with Gasteiger partial charge in [-0.05, 0) is 25.5 Å². The molecule has 0 bridgehead atoms. The van der Waals surface area contributed by atoms with Gasteiger partial charge in [-0.3, -0.25) is 0 Å². The number of benzene rings is 1. The van der Waals surface area contributed by atoms with Gasteiger partial charge in [-0.1, -0.05) is 48.6 Å². The highest BCUT2D eigenvalue weighted by atomic mass is 32.1. The van der Waals surface area contributed by atoms with E-state index in [2.05, 4.69) is 46.7 Å². The number of aromatic nitrogens is 2. The summed E-state index contributed by atoms with van der Waals surface area (Å²) in [6.45, 7) is 2.16. The molecule has 96 valence electrons. The van der Waals surface area contributed by atoms with Crippen molar-refractivity contribution >= 4 is 11.3 Å². The first-order chi connectivity index (χ1) is 8.83. The molecule has 0 aliphatic heterocycles. The SMILES string of the molecule is CCC(NC)c1nnc(CCc2ccccc2)s1. The molecular weight excluding hydrogens is 242 g/mol. The molecule has 0 fully saturated rings. The molecule has 3 nitrogen and oxygen atoms in total. The Morgan fingerprint density at radius 2 is 1.94 bits per heavy atom. The number of hydrogen-bond acceptors (Lipinski definition) is 4. The molecule has 4 heteroatoms. The van der Waals surface area contributed by atoms with E-state index in [1.54, 1.807) is 11.3 Å². The zero-order valence-electron chi connectivity index (χ0n) is 10.9. The van der Waals surface area contributed by atoms with Gasteiger partial charge < -0.3 is 5.32 Å². The zero-order chi connectivity index (χ0) is 12.8. The van der Waals surface area contributed by atoms with Gasteiger partial charge in [-0.25, -0.2) is 0 Å². The van der Waals surface area contributed by atoms with Crippen LogP contribution in [0.15, 0.2) is 30.3 Å². The Morgan fingerprint density at radius 1 is 1.17 bits per heavy atom. The summed E-state index contributed by atoms with van der Waals surface area (Å²) in [6, 6.07) is 10.9. The lowest BCUT2D eigenvalue weighted by atomic mass is 10.1. The molecule has 0 spiro atoms. The number of hydrogen-bond donors (Lipinski definition) is 1. The number of aryl methyl sites for hydroxylation is 2. The minimum absolute atomic E-state index is 0.341. The Morgan fingerprint density at radius 3 is 2.61 bits per heavy atom. The van der Waals surface area contributed by atoms with Gasteiger partial charge in [-0.2, -0.15) is 0 Å². The van der Waals surface area contributed by atoms with Crippen LogP contribution in [-0.4, -0.2) is 17.2 Å². The molecule has 2 rings (SSSR count). The van der Waals surface area contributed by atoms with Crippen LogP contribution >= 0.6 is 11.3 Å². The van der Waals surface area contributed by atoms with Crippen LogP contribution in [0.1, 0.15) is 35.0 Å². The van der Waals surface area contributed by atoms with Crippen molar-refractivity contribution in [2.24, 2.45) is 0 Å². The van der Waals surface area contributed by atoms with E-state index in [1.807, 2.05) is 13.1 Å². The maximum atomic E-state index is 4.28. The smallest absolute Gasteiger partial charge is 0.134 e. The quantitative estimate of drug-likeness (QED) is 0.868. The average molecular weight is 261 g/mol. The van der Waals surface area contributed by atoms with E-state index < -0.39 is 0 Å². The number of nitrogens with zero attached hydrogens (tertiary/aromatic N) is 2. The molecule has 0 saturated carbocycles. The summed E-state index contributed by atoms with van der Waals surface area (Å²) in [7, 11) is 1.97. The van der Waals surface area contributed by atoms with Gasteiger partial charge in [0.05, 0.1) is 6.04 Å². The molecule has 1 heterocycles. The van der Waals surface area contributed by atoms with Gasteiger partial charge in [0.25, 0.3) is 0 Å². The normalized spacial score (nSPS) is 12.6. The number of rotatable bonds is 6. The lowest BCUT2D eigenvalue weighted by Crippen LogP contribution is -2.14. The minimum atomic E-state index is 0.341. The molecule has 0 saturated heterocycles. The van der Waals surface area contributed by atoms with Crippen molar-refractivity contribution in [2.75, 3.05) is 7.05 Å². The topological polar surface area (TPSA) is 37.8 Å². The van der Waals surface area contributed by atoms with Crippen molar-refractivity contribution in [3.05, 3.63) is 45.9 Å². The monoisotopic (exact) mass is 261 g/mol. The molecule has 18 heavy (non-hydrogen) atoms. The highest BCUT2D eigenvalue weighted by Crippen LogP contribution is 2.21. The van der Waals surface area contributed by atoms with Gasteiger partial charge in [0.1, 0.15) is 10.0 Å². The average Bonchev–Trinajstić information content (AvgIpc) is 2.88. The van der Waals surface area contributed by atoms with Crippen molar-refractivity contribution in [2.45, 2.75) is 32.2 Å². The van der Waals surface area contributed by atoms with Crippen LogP contribution in [0.25, 0.3) is 0 Å². The molecule has 0 radical (unpaired) electrons. The summed E-state index contributed by atoms with van der Waals surface area (Å²) in [4.78, 5) is 0. The van der Waals surface area contributed by atoms with Gasteiger partial charge in [0, 0.05) is 6.42 Å². The summed E-state index contributed by atoms with van der Waals surface area (Å²) in [5.74, 6) is 0. The third-order valence-corrected chi connectivity index (χ3v) is 4.10. The van der Waals surface area contributed by atoms with E-state index in [1.165, 1.54) is 5.56 Å². The van der Waals surface area contributed by atoms with E-state index in [0.717, 1.165) is 29.3 Å². The summed E-state index contributed by atoms with van der Waals surface area (Å²) in [5.41, 5.74) is 1.36. The second-order valence-corrected chi connectivity index (χ2v) is 5.36. The van der Waals surface area contributed by atoms with E-state index in [0.29, 0.717) is 6.04 Å². The van der Waals surface area contributed by atoms with Crippen molar-refractivity contribution in [1.82, 2.24) is 15.5 Å². The van der Waals surface area contributed by atoms with E-state index in [9.17, 15) is 0 Å². The van der Waals surface area contributed by atoms with Gasteiger partial charge in [0.2, 0.25) is 0 Å². The van der Waals surface area contributed by atoms with Crippen LogP contribution in [-0.2, 0) is 12.8 Å². The zero-order valence-corrected chi connectivity index (χ0v) is 11.7. The first-order valence-corrected chi connectivity index (χ1v) is 7.18. The predicted molar refractivity (Wildman–Crippen MR) is 75.9 cm³/mol. The third kappa shape index (κ3) is 3.37. The molecule has 2 aromatic rings. The summed E-state index contributed by atoms with van der Waals surface area (Å²) >= 11 is 1.72. The molecule has 0 aliphatic rings. The summed E-state index contributed by atoms with van der Waals surface area (Å²) in [6.07, 6.45) is 3.05. The lowest BCUT2D eigenvalue weighted by Gasteiger charge is -2.07. The first kappa shape index (κ1) is 13.2. The van der Waals surface area contributed by atoms with Crippen molar-refractivity contribution in [3.63, 3.8) is 0 Å². The lowest BCUT2D eigenvalue weighted by molar-refractivity contribution is 0.568. The summed E-state index contributed by atoms with van der Waals surface area (Å²) in [5, 5.41) is 14.0. The van der Waals surface area contributed by atoms with Crippen molar-refractivity contribution in [3.8, 4) is 0 Å².